The van der Waals surface area contributed by atoms with Crippen molar-refractivity contribution in [3.05, 3.63) is 53.3 Å². The zero-order valence-electron chi connectivity index (χ0n) is 10.7. The molecule has 0 bridgehead atoms. The summed E-state index contributed by atoms with van der Waals surface area (Å²) in [6.45, 7) is 0. The van der Waals surface area contributed by atoms with Gasteiger partial charge >= 0.3 is 0 Å². The van der Waals surface area contributed by atoms with Gasteiger partial charge in [-0.05, 0) is 36.4 Å². The maximum Gasteiger partial charge on any atom is 0.121 e. The van der Waals surface area contributed by atoms with Gasteiger partial charge in [-0.15, -0.1) is 0 Å². The molecule has 0 unspecified atom stereocenters. The van der Waals surface area contributed by atoms with Gasteiger partial charge in [0.1, 0.15) is 17.1 Å². The highest BCUT2D eigenvalue weighted by atomic mass is 79.9. The van der Waals surface area contributed by atoms with E-state index in [-0.39, 0.29) is 0 Å². The standard InChI is InChI=1S/C15H11BrN2OS/c1-19-11-4-7-13-14(8-11)17-9-18-15(13)20-12-5-2-10(16)3-6-12/h2-9H,1H3. The maximum absolute atomic E-state index is 5.22. The summed E-state index contributed by atoms with van der Waals surface area (Å²) in [5, 5.41) is 1.97. The molecular weight excluding hydrogens is 336 g/mol. The lowest BCUT2D eigenvalue weighted by molar-refractivity contribution is 0.415. The largest absolute Gasteiger partial charge is 0.497 e. The first-order chi connectivity index (χ1) is 9.76. The van der Waals surface area contributed by atoms with Crippen molar-refractivity contribution in [3.63, 3.8) is 0 Å². The molecule has 0 saturated carbocycles. The molecular formula is C15H11BrN2OS. The highest BCUT2D eigenvalue weighted by molar-refractivity contribution is 9.10. The molecule has 3 nitrogen and oxygen atoms in total. The summed E-state index contributed by atoms with van der Waals surface area (Å²) in [6.07, 6.45) is 1.59. The number of aromatic nitrogens is 2. The highest BCUT2D eigenvalue weighted by Crippen LogP contribution is 2.32. The zero-order valence-corrected chi connectivity index (χ0v) is 13.1. The lowest BCUT2D eigenvalue weighted by Gasteiger charge is -2.06. The van der Waals surface area contributed by atoms with Gasteiger partial charge in [0.05, 0.1) is 12.6 Å². The van der Waals surface area contributed by atoms with Crippen LogP contribution in [0.25, 0.3) is 10.9 Å². The monoisotopic (exact) mass is 346 g/mol. The number of methoxy groups -OCH3 is 1. The normalized spacial score (nSPS) is 10.7. The first kappa shape index (κ1) is 13.4. The molecule has 0 radical (unpaired) electrons. The predicted molar refractivity (Wildman–Crippen MR) is 84.4 cm³/mol. The lowest BCUT2D eigenvalue weighted by Crippen LogP contribution is -1.89. The van der Waals surface area contributed by atoms with E-state index in [9.17, 15) is 0 Å². The SMILES string of the molecule is COc1ccc2c(Sc3ccc(Br)cc3)ncnc2c1. The summed E-state index contributed by atoms with van der Waals surface area (Å²) >= 11 is 5.06. The second-order valence-corrected chi connectivity index (χ2v) is 6.10. The Morgan fingerprint density at radius 1 is 1.05 bits per heavy atom. The number of fused-ring (bicyclic) bond motifs is 1. The predicted octanol–water partition coefficient (Wildman–Crippen LogP) is 4.55. The smallest absolute Gasteiger partial charge is 0.121 e. The van der Waals surface area contributed by atoms with E-state index >= 15 is 0 Å². The minimum Gasteiger partial charge on any atom is -0.497 e. The Balaban J connectivity index is 2.01. The van der Waals surface area contributed by atoms with Crippen molar-refractivity contribution in [2.24, 2.45) is 0 Å². The molecule has 0 aliphatic rings. The Morgan fingerprint density at radius 2 is 1.85 bits per heavy atom. The fourth-order valence-corrected chi connectivity index (χ4v) is 2.98. The van der Waals surface area contributed by atoms with Crippen LogP contribution in [0.5, 0.6) is 5.75 Å². The maximum atomic E-state index is 5.22. The van der Waals surface area contributed by atoms with E-state index in [2.05, 4.69) is 38.0 Å². The van der Waals surface area contributed by atoms with Crippen LogP contribution in [-0.4, -0.2) is 17.1 Å². The van der Waals surface area contributed by atoms with E-state index in [0.717, 1.165) is 31.0 Å². The van der Waals surface area contributed by atoms with E-state index in [1.165, 1.54) is 0 Å². The molecule has 3 rings (SSSR count). The summed E-state index contributed by atoms with van der Waals surface area (Å²) in [4.78, 5) is 9.82. The van der Waals surface area contributed by atoms with Crippen molar-refractivity contribution in [2.75, 3.05) is 7.11 Å². The summed E-state index contributed by atoms with van der Waals surface area (Å²) in [6, 6.07) is 14.0. The number of ether oxygens (including phenoxy) is 1. The molecule has 0 amide bonds. The molecule has 5 heteroatoms. The Bertz CT molecular complexity index is 746. The number of rotatable bonds is 3. The van der Waals surface area contributed by atoms with Gasteiger partial charge in [-0.25, -0.2) is 9.97 Å². The lowest BCUT2D eigenvalue weighted by atomic mass is 10.2. The van der Waals surface area contributed by atoms with Crippen LogP contribution in [0.3, 0.4) is 0 Å². The molecule has 3 aromatic rings. The van der Waals surface area contributed by atoms with Crippen LogP contribution in [0, 0.1) is 0 Å². The van der Waals surface area contributed by atoms with Gasteiger partial charge in [0.15, 0.2) is 0 Å². The van der Waals surface area contributed by atoms with Gasteiger partial charge in [-0.1, -0.05) is 27.7 Å². The number of hydrogen-bond acceptors (Lipinski definition) is 4. The van der Waals surface area contributed by atoms with Crippen molar-refractivity contribution in [2.45, 2.75) is 9.92 Å². The average molecular weight is 347 g/mol. The Morgan fingerprint density at radius 3 is 2.60 bits per heavy atom. The minimum atomic E-state index is 0.802. The number of nitrogens with zero attached hydrogens (tertiary/aromatic N) is 2. The summed E-state index contributed by atoms with van der Waals surface area (Å²) in [5.74, 6) is 0.802. The van der Waals surface area contributed by atoms with Crippen LogP contribution in [-0.2, 0) is 0 Å². The zero-order chi connectivity index (χ0) is 13.9. The second-order valence-electron chi connectivity index (χ2n) is 4.12. The van der Waals surface area contributed by atoms with Gasteiger partial charge < -0.3 is 4.74 Å². The molecule has 0 saturated heterocycles. The summed E-state index contributed by atoms with van der Waals surface area (Å²) < 4.78 is 6.29. The van der Waals surface area contributed by atoms with E-state index < -0.39 is 0 Å². The van der Waals surface area contributed by atoms with Crippen molar-refractivity contribution in [1.29, 1.82) is 0 Å². The Kier molecular flexibility index (Phi) is 3.89. The third kappa shape index (κ3) is 2.78. The molecule has 2 aromatic carbocycles. The van der Waals surface area contributed by atoms with Crippen LogP contribution in [0.1, 0.15) is 0 Å². The van der Waals surface area contributed by atoms with Gasteiger partial charge in [0.2, 0.25) is 0 Å². The van der Waals surface area contributed by atoms with Crippen molar-refractivity contribution < 1.29 is 4.74 Å². The van der Waals surface area contributed by atoms with Crippen LogP contribution in [0.15, 0.2) is 63.2 Å². The summed E-state index contributed by atoms with van der Waals surface area (Å²) in [7, 11) is 1.65. The molecule has 1 aromatic heterocycles. The molecule has 100 valence electrons. The quantitative estimate of drug-likeness (QED) is 0.651. The van der Waals surface area contributed by atoms with Gasteiger partial charge in [0, 0.05) is 20.8 Å². The van der Waals surface area contributed by atoms with Crippen LogP contribution in [0.2, 0.25) is 0 Å². The molecule has 0 fully saturated rings. The van der Waals surface area contributed by atoms with Gasteiger partial charge in [-0.3, -0.25) is 0 Å². The Labute approximate surface area is 129 Å². The fraction of sp³-hybridized carbons (Fsp3) is 0.0667. The topological polar surface area (TPSA) is 35.0 Å². The molecule has 0 N–H and O–H groups in total. The minimum absolute atomic E-state index is 0.802. The number of halogens is 1. The van der Waals surface area contributed by atoms with Crippen LogP contribution >= 0.6 is 27.7 Å². The van der Waals surface area contributed by atoms with E-state index in [0.29, 0.717) is 0 Å². The van der Waals surface area contributed by atoms with Crippen LogP contribution < -0.4 is 4.74 Å². The third-order valence-corrected chi connectivity index (χ3v) is 4.39. The molecule has 0 atom stereocenters. The molecule has 0 aliphatic heterocycles. The first-order valence-electron chi connectivity index (χ1n) is 5.98. The van der Waals surface area contributed by atoms with Crippen molar-refractivity contribution in [1.82, 2.24) is 9.97 Å². The highest BCUT2D eigenvalue weighted by Gasteiger charge is 2.06. The molecule has 20 heavy (non-hydrogen) atoms. The fourth-order valence-electron chi connectivity index (χ4n) is 1.83. The van der Waals surface area contributed by atoms with Crippen molar-refractivity contribution in [3.8, 4) is 5.75 Å². The van der Waals surface area contributed by atoms with E-state index in [1.807, 2.05) is 30.3 Å². The summed E-state index contributed by atoms with van der Waals surface area (Å²) in [5.41, 5.74) is 0.888. The Hall–Kier alpha value is -1.59. The molecule has 0 spiro atoms. The van der Waals surface area contributed by atoms with E-state index in [4.69, 9.17) is 4.74 Å². The average Bonchev–Trinajstić information content (AvgIpc) is 2.49. The van der Waals surface area contributed by atoms with Crippen LogP contribution in [0.4, 0.5) is 0 Å². The van der Waals surface area contributed by atoms with E-state index in [1.54, 1.807) is 25.2 Å². The number of hydrogen-bond donors (Lipinski definition) is 0. The second kappa shape index (κ2) is 5.81. The van der Waals surface area contributed by atoms with Gasteiger partial charge in [0.25, 0.3) is 0 Å². The third-order valence-electron chi connectivity index (χ3n) is 2.84. The van der Waals surface area contributed by atoms with Gasteiger partial charge in [-0.2, -0.15) is 0 Å². The number of benzene rings is 2. The first-order valence-corrected chi connectivity index (χ1v) is 7.59. The van der Waals surface area contributed by atoms with Crippen molar-refractivity contribution >= 4 is 38.6 Å². The molecule has 1 heterocycles. The molecule has 0 aliphatic carbocycles.